The maximum Gasteiger partial charge on any atom is 0.219 e. The Hall–Kier alpha value is -0.830. The topological polar surface area (TPSA) is 49.3 Å². The van der Waals surface area contributed by atoms with Gasteiger partial charge in [-0.2, -0.15) is 0 Å². The fraction of sp³-hybridized carbons (Fsp3) is 0.864. The van der Waals surface area contributed by atoms with Gasteiger partial charge in [-0.25, -0.2) is 0 Å². The zero-order valence-electron chi connectivity index (χ0n) is 16.9. The number of aliphatic hydroxyl groups is 1. The van der Waals surface area contributed by atoms with Crippen molar-refractivity contribution in [3.05, 3.63) is 12.2 Å². The molecule has 0 aromatic carbocycles. The van der Waals surface area contributed by atoms with Crippen LogP contribution in [0.5, 0.6) is 0 Å². The lowest BCUT2D eigenvalue weighted by Gasteiger charge is -2.07. The third kappa shape index (κ3) is 19.3. The first kappa shape index (κ1) is 24.2. The summed E-state index contributed by atoms with van der Waals surface area (Å²) < 4.78 is 0. The molecule has 3 nitrogen and oxygen atoms in total. The number of hydrogen-bond donors (Lipinski definition) is 2. The lowest BCUT2D eigenvalue weighted by Crippen LogP contribution is -2.23. The standard InChI is InChI=1S/C22H43NO2/c1-3-5-7-14-17-21(24)18-15-12-10-8-9-11-13-16-19-22(25)23-20-6-4-2/h12,15,21,24H,3-11,13-14,16-20H2,1-2H3,(H,23,25)/b15-12-/t21-/m1/s1. The van der Waals surface area contributed by atoms with Crippen molar-refractivity contribution in [3.8, 4) is 0 Å². The van der Waals surface area contributed by atoms with E-state index in [1.54, 1.807) is 0 Å². The van der Waals surface area contributed by atoms with Gasteiger partial charge in [-0.15, -0.1) is 0 Å². The normalized spacial score (nSPS) is 12.6. The minimum absolute atomic E-state index is 0.156. The molecule has 25 heavy (non-hydrogen) atoms. The third-order valence-electron chi connectivity index (χ3n) is 4.59. The highest BCUT2D eigenvalue weighted by molar-refractivity contribution is 5.75. The number of carbonyl (C=O) groups is 1. The number of unbranched alkanes of at least 4 members (excludes halogenated alkanes) is 9. The molecule has 0 heterocycles. The Bertz CT molecular complexity index is 315. The molecule has 0 rings (SSSR count). The Balaban J connectivity index is 3.30. The molecule has 0 fully saturated rings. The highest BCUT2D eigenvalue weighted by Crippen LogP contribution is 2.10. The van der Waals surface area contributed by atoms with Gasteiger partial charge in [0.25, 0.3) is 0 Å². The number of carbonyl (C=O) groups excluding carboxylic acids is 1. The van der Waals surface area contributed by atoms with Gasteiger partial charge in [0.05, 0.1) is 6.10 Å². The number of rotatable bonds is 18. The van der Waals surface area contributed by atoms with Crippen LogP contribution in [0.3, 0.4) is 0 Å². The van der Waals surface area contributed by atoms with Crippen molar-refractivity contribution in [2.45, 2.75) is 116 Å². The average molecular weight is 354 g/mol. The van der Waals surface area contributed by atoms with E-state index in [-0.39, 0.29) is 12.0 Å². The highest BCUT2D eigenvalue weighted by atomic mass is 16.3. The Morgan fingerprint density at radius 1 is 0.880 bits per heavy atom. The van der Waals surface area contributed by atoms with Crippen LogP contribution in [0.2, 0.25) is 0 Å². The van der Waals surface area contributed by atoms with Crippen molar-refractivity contribution in [2.24, 2.45) is 0 Å². The summed E-state index contributed by atoms with van der Waals surface area (Å²) in [5, 5.41) is 12.8. The summed E-state index contributed by atoms with van der Waals surface area (Å²) in [4.78, 5) is 11.5. The highest BCUT2D eigenvalue weighted by Gasteiger charge is 2.01. The zero-order chi connectivity index (χ0) is 18.6. The lowest BCUT2D eigenvalue weighted by atomic mass is 10.1. The fourth-order valence-electron chi connectivity index (χ4n) is 2.87. The number of allylic oxidation sites excluding steroid dienone is 1. The zero-order valence-corrected chi connectivity index (χ0v) is 16.9. The van der Waals surface area contributed by atoms with Gasteiger partial charge in [-0.05, 0) is 38.5 Å². The van der Waals surface area contributed by atoms with E-state index in [4.69, 9.17) is 0 Å². The van der Waals surface area contributed by atoms with Crippen molar-refractivity contribution in [1.29, 1.82) is 0 Å². The summed E-state index contributed by atoms with van der Waals surface area (Å²) in [7, 11) is 0. The van der Waals surface area contributed by atoms with Crippen molar-refractivity contribution in [2.75, 3.05) is 6.54 Å². The van der Waals surface area contributed by atoms with Crippen molar-refractivity contribution < 1.29 is 9.90 Å². The Labute approximate surface area is 156 Å². The van der Waals surface area contributed by atoms with E-state index in [9.17, 15) is 9.90 Å². The second-order valence-corrected chi connectivity index (χ2v) is 7.22. The first-order chi connectivity index (χ1) is 12.2. The number of hydrogen-bond acceptors (Lipinski definition) is 2. The predicted molar refractivity (Wildman–Crippen MR) is 109 cm³/mol. The van der Waals surface area contributed by atoms with Gasteiger partial charge >= 0.3 is 0 Å². The van der Waals surface area contributed by atoms with Crippen LogP contribution in [-0.4, -0.2) is 23.7 Å². The molecule has 0 aliphatic carbocycles. The smallest absolute Gasteiger partial charge is 0.219 e. The molecule has 0 aliphatic heterocycles. The summed E-state index contributed by atoms with van der Waals surface area (Å²) >= 11 is 0. The van der Waals surface area contributed by atoms with Gasteiger partial charge in [0.15, 0.2) is 0 Å². The van der Waals surface area contributed by atoms with Gasteiger partial charge in [0, 0.05) is 13.0 Å². The molecular formula is C22H43NO2. The van der Waals surface area contributed by atoms with Gasteiger partial charge in [0.2, 0.25) is 5.91 Å². The summed E-state index contributed by atoms with van der Waals surface area (Å²) in [6.07, 6.45) is 20.7. The second kappa shape index (κ2) is 19.5. The summed E-state index contributed by atoms with van der Waals surface area (Å²) in [6, 6.07) is 0. The first-order valence-electron chi connectivity index (χ1n) is 10.8. The molecule has 3 heteroatoms. The van der Waals surface area contributed by atoms with Crippen LogP contribution in [0.1, 0.15) is 110 Å². The summed E-state index contributed by atoms with van der Waals surface area (Å²) in [5.74, 6) is 0.213. The number of amides is 1. The predicted octanol–water partition coefficient (Wildman–Crippen LogP) is 5.91. The molecule has 0 radical (unpaired) electrons. The molecule has 148 valence electrons. The van der Waals surface area contributed by atoms with Crippen LogP contribution in [0.4, 0.5) is 0 Å². The monoisotopic (exact) mass is 353 g/mol. The molecular weight excluding hydrogens is 310 g/mol. The van der Waals surface area contributed by atoms with E-state index in [1.165, 1.54) is 38.5 Å². The van der Waals surface area contributed by atoms with Gasteiger partial charge in [0.1, 0.15) is 0 Å². The van der Waals surface area contributed by atoms with Crippen LogP contribution >= 0.6 is 0 Å². The van der Waals surface area contributed by atoms with Crippen molar-refractivity contribution in [3.63, 3.8) is 0 Å². The minimum atomic E-state index is -0.156. The van der Waals surface area contributed by atoms with E-state index in [0.29, 0.717) is 6.42 Å². The van der Waals surface area contributed by atoms with Gasteiger partial charge in [-0.1, -0.05) is 77.4 Å². The van der Waals surface area contributed by atoms with Crippen LogP contribution in [0.15, 0.2) is 12.2 Å². The van der Waals surface area contributed by atoms with Crippen LogP contribution in [0.25, 0.3) is 0 Å². The minimum Gasteiger partial charge on any atom is -0.393 e. The maximum atomic E-state index is 11.5. The molecule has 1 amide bonds. The quantitative estimate of drug-likeness (QED) is 0.238. The summed E-state index contributed by atoms with van der Waals surface area (Å²) in [5.41, 5.74) is 0. The molecule has 0 saturated heterocycles. The molecule has 0 spiro atoms. The first-order valence-corrected chi connectivity index (χ1v) is 10.8. The molecule has 0 bridgehead atoms. The Morgan fingerprint density at radius 3 is 2.32 bits per heavy atom. The average Bonchev–Trinajstić information content (AvgIpc) is 2.60. The van der Waals surface area contributed by atoms with Gasteiger partial charge < -0.3 is 10.4 Å². The second-order valence-electron chi connectivity index (χ2n) is 7.22. The third-order valence-corrected chi connectivity index (χ3v) is 4.59. The lowest BCUT2D eigenvalue weighted by molar-refractivity contribution is -0.121. The van der Waals surface area contributed by atoms with Crippen LogP contribution in [0, 0.1) is 0 Å². The van der Waals surface area contributed by atoms with Gasteiger partial charge in [-0.3, -0.25) is 4.79 Å². The maximum absolute atomic E-state index is 11.5. The van der Waals surface area contributed by atoms with Crippen LogP contribution in [-0.2, 0) is 4.79 Å². The molecule has 0 aliphatic rings. The molecule has 1 atom stereocenters. The van der Waals surface area contributed by atoms with Crippen LogP contribution < -0.4 is 5.32 Å². The number of aliphatic hydroxyl groups excluding tert-OH is 1. The van der Waals surface area contributed by atoms with Crippen molar-refractivity contribution in [1.82, 2.24) is 5.32 Å². The van der Waals surface area contributed by atoms with E-state index in [1.807, 2.05) is 0 Å². The summed E-state index contributed by atoms with van der Waals surface area (Å²) in [6.45, 7) is 5.18. The number of nitrogens with one attached hydrogen (secondary N) is 1. The molecule has 0 aromatic rings. The molecule has 2 N–H and O–H groups in total. The van der Waals surface area contributed by atoms with E-state index in [0.717, 1.165) is 57.9 Å². The fourth-order valence-corrected chi connectivity index (χ4v) is 2.87. The Kier molecular flexibility index (Phi) is 18.8. The van der Waals surface area contributed by atoms with E-state index in [2.05, 4.69) is 31.3 Å². The Morgan fingerprint density at radius 2 is 1.56 bits per heavy atom. The molecule has 0 saturated carbocycles. The van der Waals surface area contributed by atoms with E-state index >= 15 is 0 Å². The molecule has 0 unspecified atom stereocenters. The van der Waals surface area contributed by atoms with E-state index < -0.39 is 0 Å². The molecule has 0 aromatic heterocycles. The van der Waals surface area contributed by atoms with Crippen molar-refractivity contribution >= 4 is 5.91 Å². The largest absolute Gasteiger partial charge is 0.393 e. The SMILES string of the molecule is CCCCCC[C@@H](O)C/C=C\CCCCCCCC(=O)NCCCC.